The predicted octanol–water partition coefficient (Wildman–Crippen LogP) is 4.40. The van der Waals surface area contributed by atoms with Crippen molar-refractivity contribution in [3.8, 4) is 11.5 Å². The van der Waals surface area contributed by atoms with Crippen molar-refractivity contribution in [2.45, 2.75) is 0 Å². The third-order valence-corrected chi connectivity index (χ3v) is 4.85. The summed E-state index contributed by atoms with van der Waals surface area (Å²) in [7, 11) is 1.44. The molecule has 0 bridgehead atoms. The maximum absolute atomic E-state index is 12.6. The Labute approximate surface area is 151 Å². The summed E-state index contributed by atoms with van der Waals surface area (Å²) in [5.74, 6) is -0.121. The van der Waals surface area contributed by atoms with Gasteiger partial charge in [-0.1, -0.05) is 18.2 Å². The van der Waals surface area contributed by atoms with Gasteiger partial charge in [-0.25, -0.2) is 4.90 Å². The summed E-state index contributed by atoms with van der Waals surface area (Å²) in [6, 6.07) is 12.0. The number of thioether (sulfide) groups is 1. The Balaban J connectivity index is 1.97. The lowest BCUT2D eigenvalue weighted by Crippen LogP contribution is -2.27. The van der Waals surface area contributed by atoms with Crippen LogP contribution in [-0.2, 0) is 4.79 Å². The van der Waals surface area contributed by atoms with Crippen molar-refractivity contribution in [3.05, 3.63) is 57.4 Å². The second-order valence-electron chi connectivity index (χ2n) is 4.91. The van der Waals surface area contributed by atoms with Crippen molar-refractivity contribution in [2.24, 2.45) is 0 Å². The molecule has 0 radical (unpaired) electrons. The van der Waals surface area contributed by atoms with Crippen LogP contribution in [0.3, 0.4) is 0 Å². The Bertz CT molecular complexity index is 851. The number of amides is 2. The highest BCUT2D eigenvalue weighted by Gasteiger charge is 2.36. The zero-order chi connectivity index (χ0) is 17.3. The average molecular weight is 406 g/mol. The first kappa shape index (κ1) is 16.6. The van der Waals surface area contributed by atoms with E-state index in [1.807, 2.05) is 6.07 Å². The molecule has 1 aliphatic heterocycles. The maximum atomic E-state index is 12.6. The summed E-state index contributed by atoms with van der Waals surface area (Å²) in [5, 5.41) is 9.50. The number of phenols is 1. The Morgan fingerprint density at radius 1 is 1.21 bits per heavy atom. The van der Waals surface area contributed by atoms with Crippen molar-refractivity contribution in [1.29, 1.82) is 0 Å². The summed E-state index contributed by atoms with van der Waals surface area (Å²) in [4.78, 5) is 26.2. The molecule has 0 atom stereocenters. The van der Waals surface area contributed by atoms with Gasteiger partial charge in [-0.15, -0.1) is 0 Å². The summed E-state index contributed by atoms with van der Waals surface area (Å²) >= 11 is 4.11. The van der Waals surface area contributed by atoms with E-state index in [4.69, 9.17) is 4.74 Å². The van der Waals surface area contributed by atoms with E-state index in [0.717, 1.165) is 16.7 Å². The van der Waals surface area contributed by atoms with Crippen molar-refractivity contribution in [3.63, 3.8) is 0 Å². The third kappa shape index (κ3) is 3.05. The molecule has 7 heteroatoms. The number of hydrogen-bond donors (Lipinski definition) is 1. The molecule has 2 aromatic carbocycles. The number of ether oxygens (including phenoxy) is 1. The fourth-order valence-corrected chi connectivity index (χ4v) is 3.55. The quantitative estimate of drug-likeness (QED) is 0.766. The zero-order valence-electron chi connectivity index (χ0n) is 12.5. The van der Waals surface area contributed by atoms with E-state index in [2.05, 4.69) is 15.9 Å². The molecule has 0 spiro atoms. The van der Waals surface area contributed by atoms with Gasteiger partial charge in [0.1, 0.15) is 0 Å². The highest BCUT2D eigenvalue weighted by molar-refractivity contribution is 9.10. The molecule has 24 heavy (non-hydrogen) atoms. The Morgan fingerprint density at radius 3 is 2.58 bits per heavy atom. The van der Waals surface area contributed by atoms with Crippen molar-refractivity contribution < 1.29 is 19.4 Å². The summed E-state index contributed by atoms with van der Waals surface area (Å²) in [6.45, 7) is 0. The maximum Gasteiger partial charge on any atom is 0.298 e. The van der Waals surface area contributed by atoms with E-state index in [-0.39, 0.29) is 22.6 Å². The van der Waals surface area contributed by atoms with Gasteiger partial charge in [0.25, 0.3) is 11.1 Å². The average Bonchev–Trinajstić information content (AvgIpc) is 2.85. The molecule has 2 amide bonds. The van der Waals surface area contributed by atoms with Crippen LogP contribution in [0.25, 0.3) is 6.08 Å². The minimum absolute atomic E-state index is 0.0213. The van der Waals surface area contributed by atoms with Gasteiger partial charge in [0.15, 0.2) is 11.5 Å². The second-order valence-corrected chi connectivity index (χ2v) is 6.75. The van der Waals surface area contributed by atoms with E-state index in [1.165, 1.54) is 7.11 Å². The Morgan fingerprint density at radius 2 is 1.92 bits per heavy atom. The molecule has 1 fully saturated rings. The number of para-hydroxylation sites is 1. The van der Waals surface area contributed by atoms with Crippen LogP contribution in [0, 0.1) is 0 Å². The normalized spacial score (nSPS) is 16.1. The fraction of sp³-hybridized carbons (Fsp3) is 0.0588. The topological polar surface area (TPSA) is 66.8 Å². The van der Waals surface area contributed by atoms with Crippen LogP contribution in [0.15, 0.2) is 51.8 Å². The summed E-state index contributed by atoms with van der Waals surface area (Å²) in [5.41, 5.74) is 1.17. The molecule has 1 heterocycles. The number of carbonyl (C=O) groups is 2. The molecule has 0 aliphatic carbocycles. The SMILES string of the molecule is COc1cc(C=C2SC(=O)N(c3ccccc3)C2=O)cc(Br)c1O. The molecule has 2 aromatic rings. The Hall–Kier alpha value is -2.25. The van der Waals surface area contributed by atoms with Crippen LogP contribution >= 0.6 is 27.7 Å². The number of halogens is 1. The van der Waals surface area contributed by atoms with Gasteiger partial charge in [-0.3, -0.25) is 9.59 Å². The van der Waals surface area contributed by atoms with E-state index in [1.54, 1.807) is 42.5 Å². The number of methoxy groups -OCH3 is 1. The van der Waals surface area contributed by atoms with Crippen LogP contribution in [0.5, 0.6) is 11.5 Å². The van der Waals surface area contributed by atoms with Crippen molar-refractivity contribution >= 4 is 50.6 Å². The van der Waals surface area contributed by atoms with Crippen LogP contribution in [0.2, 0.25) is 0 Å². The van der Waals surface area contributed by atoms with Crippen LogP contribution in [0.1, 0.15) is 5.56 Å². The first-order valence-electron chi connectivity index (χ1n) is 6.91. The standard InChI is InChI=1S/C17H12BrNO4S/c1-23-13-8-10(7-12(18)15(13)20)9-14-16(21)19(17(22)24-14)11-5-3-2-4-6-11/h2-9,20H,1H3. The zero-order valence-corrected chi connectivity index (χ0v) is 14.9. The predicted molar refractivity (Wildman–Crippen MR) is 97.3 cm³/mol. The first-order valence-corrected chi connectivity index (χ1v) is 8.51. The summed E-state index contributed by atoms with van der Waals surface area (Å²) in [6.07, 6.45) is 1.60. The van der Waals surface area contributed by atoms with Crippen LogP contribution < -0.4 is 9.64 Å². The largest absolute Gasteiger partial charge is 0.503 e. The fourth-order valence-electron chi connectivity index (χ4n) is 2.25. The number of hydrogen-bond acceptors (Lipinski definition) is 5. The number of carbonyl (C=O) groups excluding carboxylic acids is 2. The van der Waals surface area contributed by atoms with Crippen LogP contribution in [-0.4, -0.2) is 23.4 Å². The number of phenolic OH excluding ortho intramolecular Hbond substituents is 1. The van der Waals surface area contributed by atoms with Gasteiger partial charge in [-0.05, 0) is 63.6 Å². The number of imide groups is 1. The molecule has 0 aromatic heterocycles. The number of benzene rings is 2. The van der Waals surface area contributed by atoms with E-state index in [0.29, 0.717) is 20.6 Å². The molecule has 1 N–H and O–H groups in total. The van der Waals surface area contributed by atoms with Gasteiger partial charge in [-0.2, -0.15) is 0 Å². The molecule has 1 saturated heterocycles. The van der Waals surface area contributed by atoms with Gasteiger partial charge in [0, 0.05) is 0 Å². The highest BCUT2D eigenvalue weighted by atomic mass is 79.9. The molecule has 0 saturated carbocycles. The lowest BCUT2D eigenvalue weighted by atomic mass is 10.2. The molecule has 3 rings (SSSR count). The minimum atomic E-state index is -0.376. The molecule has 1 aliphatic rings. The second kappa shape index (κ2) is 6.70. The van der Waals surface area contributed by atoms with Gasteiger partial charge >= 0.3 is 0 Å². The highest BCUT2D eigenvalue weighted by Crippen LogP contribution is 2.39. The van der Waals surface area contributed by atoms with Crippen molar-refractivity contribution in [2.75, 3.05) is 12.0 Å². The number of aromatic hydroxyl groups is 1. The smallest absolute Gasteiger partial charge is 0.298 e. The number of nitrogens with zero attached hydrogens (tertiary/aromatic N) is 1. The van der Waals surface area contributed by atoms with Gasteiger partial charge in [0.05, 0.1) is 22.2 Å². The molecule has 0 unspecified atom stereocenters. The lowest BCUT2D eigenvalue weighted by Gasteiger charge is -2.11. The van der Waals surface area contributed by atoms with Gasteiger partial charge in [0.2, 0.25) is 0 Å². The van der Waals surface area contributed by atoms with Crippen LogP contribution in [0.4, 0.5) is 10.5 Å². The Kier molecular flexibility index (Phi) is 4.64. The number of anilines is 1. The molecule has 5 nitrogen and oxygen atoms in total. The van der Waals surface area contributed by atoms with E-state index < -0.39 is 0 Å². The molecule has 122 valence electrons. The van der Waals surface area contributed by atoms with Crippen molar-refractivity contribution in [1.82, 2.24) is 0 Å². The minimum Gasteiger partial charge on any atom is -0.503 e. The first-order chi connectivity index (χ1) is 11.5. The van der Waals surface area contributed by atoms with E-state index >= 15 is 0 Å². The molecular formula is C17H12BrNO4S. The van der Waals surface area contributed by atoms with Gasteiger partial charge < -0.3 is 9.84 Å². The molecular weight excluding hydrogens is 394 g/mol. The number of rotatable bonds is 3. The lowest BCUT2D eigenvalue weighted by molar-refractivity contribution is -0.113. The monoisotopic (exact) mass is 405 g/mol. The van der Waals surface area contributed by atoms with E-state index in [9.17, 15) is 14.7 Å². The third-order valence-electron chi connectivity index (χ3n) is 3.38. The summed E-state index contributed by atoms with van der Waals surface area (Å²) < 4.78 is 5.53.